The molecule has 3 nitrogen and oxygen atoms in total. The van der Waals surface area contributed by atoms with Gasteiger partial charge in [0.2, 0.25) is 0 Å². The molecule has 0 amide bonds. The average molecular weight is 350 g/mol. The van der Waals surface area contributed by atoms with Gasteiger partial charge in [0.15, 0.2) is 0 Å². The number of furan rings is 1. The van der Waals surface area contributed by atoms with E-state index in [-0.39, 0.29) is 6.04 Å². The first-order valence-corrected chi connectivity index (χ1v) is 6.79. The van der Waals surface area contributed by atoms with E-state index < -0.39 is 0 Å². The molecule has 96 valence electrons. The highest BCUT2D eigenvalue weighted by atomic mass is 79.9. The molecule has 0 spiro atoms. The fourth-order valence-electron chi connectivity index (χ4n) is 1.69. The Morgan fingerprint density at radius 1 is 1.33 bits per heavy atom. The molecule has 0 aliphatic carbocycles. The van der Waals surface area contributed by atoms with Crippen LogP contribution in [0.25, 0.3) is 0 Å². The number of halogens is 3. The van der Waals surface area contributed by atoms with E-state index in [9.17, 15) is 0 Å². The number of benzene rings is 1. The smallest absolute Gasteiger partial charge is 0.136 e. The van der Waals surface area contributed by atoms with Crippen molar-refractivity contribution in [2.75, 3.05) is 0 Å². The Balaban J connectivity index is 2.23. The fraction of sp³-hybridized carbons (Fsp3) is 0.167. The molecular weight excluding hydrogens is 339 g/mol. The van der Waals surface area contributed by atoms with E-state index in [0.717, 1.165) is 15.8 Å². The molecule has 6 heteroatoms. The molecule has 1 atom stereocenters. The molecule has 0 saturated heterocycles. The second-order valence-corrected chi connectivity index (χ2v) is 5.49. The molecule has 1 aromatic carbocycles. The van der Waals surface area contributed by atoms with Crippen molar-refractivity contribution < 1.29 is 4.42 Å². The first kappa shape index (κ1) is 13.9. The Labute approximate surface area is 123 Å². The molecule has 0 bridgehead atoms. The summed E-state index contributed by atoms with van der Waals surface area (Å²) in [6.45, 7) is 0. The Hall–Kier alpha value is -0.520. The second kappa shape index (κ2) is 6.08. The standard InChI is InChI=1S/C12H11BrCl2N2O/c13-9-3-4-18-12(9)11(17-16)5-7-1-2-8(14)6-10(7)15/h1-4,6,11,17H,5,16H2. The number of nitrogens with one attached hydrogen (secondary N) is 1. The molecule has 3 N–H and O–H groups in total. The first-order valence-electron chi connectivity index (χ1n) is 5.24. The summed E-state index contributed by atoms with van der Waals surface area (Å²) in [5.41, 5.74) is 3.67. The van der Waals surface area contributed by atoms with E-state index in [0.29, 0.717) is 16.5 Å². The maximum absolute atomic E-state index is 6.14. The van der Waals surface area contributed by atoms with Gasteiger partial charge in [-0.1, -0.05) is 29.3 Å². The third-order valence-electron chi connectivity index (χ3n) is 2.60. The van der Waals surface area contributed by atoms with Gasteiger partial charge in [0.1, 0.15) is 5.76 Å². The average Bonchev–Trinajstić information content (AvgIpc) is 2.75. The van der Waals surface area contributed by atoms with E-state index >= 15 is 0 Å². The minimum atomic E-state index is -0.159. The lowest BCUT2D eigenvalue weighted by Crippen LogP contribution is -2.29. The molecule has 1 aromatic heterocycles. The van der Waals surface area contributed by atoms with Crippen LogP contribution in [0.3, 0.4) is 0 Å². The van der Waals surface area contributed by atoms with Crippen molar-refractivity contribution in [1.29, 1.82) is 0 Å². The van der Waals surface area contributed by atoms with Gasteiger partial charge in [-0.25, -0.2) is 5.43 Å². The van der Waals surface area contributed by atoms with Crippen LogP contribution in [-0.4, -0.2) is 0 Å². The molecule has 0 fully saturated rings. The number of hydrazine groups is 1. The first-order chi connectivity index (χ1) is 8.61. The minimum absolute atomic E-state index is 0.159. The van der Waals surface area contributed by atoms with Gasteiger partial charge in [-0.3, -0.25) is 5.84 Å². The number of hydrogen-bond acceptors (Lipinski definition) is 3. The summed E-state index contributed by atoms with van der Waals surface area (Å²) in [6, 6.07) is 7.05. The topological polar surface area (TPSA) is 51.2 Å². The van der Waals surface area contributed by atoms with Gasteiger partial charge in [0.25, 0.3) is 0 Å². The maximum Gasteiger partial charge on any atom is 0.136 e. The number of hydrogen-bond donors (Lipinski definition) is 2. The van der Waals surface area contributed by atoms with Crippen LogP contribution < -0.4 is 11.3 Å². The lowest BCUT2D eigenvalue weighted by molar-refractivity contribution is 0.413. The third kappa shape index (κ3) is 3.08. The molecule has 18 heavy (non-hydrogen) atoms. The maximum atomic E-state index is 6.14. The van der Waals surface area contributed by atoms with Crippen molar-refractivity contribution >= 4 is 39.1 Å². The summed E-state index contributed by atoms with van der Waals surface area (Å²) in [5, 5.41) is 1.23. The predicted molar refractivity (Wildman–Crippen MR) is 76.6 cm³/mol. The molecule has 1 unspecified atom stereocenters. The molecule has 0 aliphatic heterocycles. The lowest BCUT2D eigenvalue weighted by atomic mass is 10.0. The van der Waals surface area contributed by atoms with Gasteiger partial charge in [0, 0.05) is 10.0 Å². The van der Waals surface area contributed by atoms with Crippen molar-refractivity contribution in [3.8, 4) is 0 Å². The Morgan fingerprint density at radius 2 is 2.11 bits per heavy atom. The summed E-state index contributed by atoms with van der Waals surface area (Å²) >= 11 is 15.4. The van der Waals surface area contributed by atoms with Crippen LogP contribution in [0.1, 0.15) is 17.4 Å². The van der Waals surface area contributed by atoms with Crippen LogP contribution >= 0.6 is 39.1 Å². The van der Waals surface area contributed by atoms with Gasteiger partial charge in [-0.2, -0.15) is 0 Å². The SMILES string of the molecule is NNC(Cc1ccc(Cl)cc1Cl)c1occc1Br. The summed E-state index contributed by atoms with van der Waals surface area (Å²) in [4.78, 5) is 0. The van der Waals surface area contributed by atoms with Crippen molar-refractivity contribution in [1.82, 2.24) is 5.43 Å². The highest BCUT2D eigenvalue weighted by Gasteiger charge is 2.18. The fourth-order valence-corrected chi connectivity index (χ4v) is 2.65. The molecule has 0 aliphatic rings. The summed E-state index contributed by atoms with van der Waals surface area (Å²) < 4.78 is 6.27. The summed E-state index contributed by atoms with van der Waals surface area (Å²) in [7, 11) is 0. The highest BCUT2D eigenvalue weighted by molar-refractivity contribution is 9.10. The van der Waals surface area contributed by atoms with Crippen molar-refractivity contribution in [3.05, 3.63) is 56.4 Å². The van der Waals surface area contributed by atoms with Crippen LogP contribution in [0.2, 0.25) is 10.0 Å². The van der Waals surface area contributed by atoms with E-state index in [2.05, 4.69) is 21.4 Å². The normalized spacial score (nSPS) is 12.7. The second-order valence-electron chi connectivity index (χ2n) is 3.79. The van der Waals surface area contributed by atoms with Gasteiger partial charge >= 0.3 is 0 Å². The van der Waals surface area contributed by atoms with E-state index in [1.54, 1.807) is 18.4 Å². The van der Waals surface area contributed by atoms with Crippen LogP contribution in [0.15, 0.2) is 39.4 Å². The Morgan fingerprint density at radius 3 is 2.67 bits per heavy atom. The van der Waals surface area contributed by atoms with Crippen LogP contribution in [0, 0.1) is 0 Å². The van der Waals surface area contributed by atoms with Gasteiger partial charge < -0.3 is 4.42 Å². The van der Waals surface area contributed by atoms with Crippen LogP contribution in [-0.2, 0) is 6.42 Å². The Kier molecular flexibility index (Phi) is 4.70. The van der Waals surface area contributed by atoms with E-state index in [1.807, 2.05) is 12.1 Å². The zero-order chi connectivity index (χ0) is 13.1. The molecule has 1 heterocycles. The zero-order valence-electron chi connectivity index (χ0n) is 9.29. The quantitative estimate of drug-likeness (QED) is 0.645. The Bertz CT molecular complexity index is 545. The molecule has 2 rings (SSSR count). The van der Waals surface area contributed by atoms with Crippen molar-refractivity contribution in [2.24, 2.45) is 5.84 Å². The monoisotopic (exact) mass is 348 g/mol. The number of rotatable bonds is 4. The largest absolute Gasteiger partial charge is 0.466 e. The highest BCUT2D eigenvalue weighted by Crippen LogP contribution is 2.29. The van der Waals surface area contributed by atoms with Gasteiger partial charge in [-0.15, -0.1) is 0 Å². The zero-order valence-corrected chi connectivity index (χ0v) is 12.4. The van der Waals surface area contributed by atoms with Gasteiger partial charge in [-0.05, 0) is 46.1 Å². The van der Waals surface area contributed by atoms with Crippen LogP contribution in [0.5, 0.6) is 0 Å². The van der Waals surface area contributed by atoms with E-state index in [1.165, 1.54) is 0 Å². The minimum Gasteiger partial charge on any atom is -0.466 e. The van der Waals surface area contributed by atoms with Crippen molar-refractivity contribution in [3.63, 3.8) is 0 Å². The van der Waals surface area contributed by atoms with E-state index in [4.69, 9.17) is 33.5 Å². The van der Waals surface area contributed by atoms with Crippen molar-refractivity contribution in [2.45, 2.75) is 12.5 Å². The molecule has 0 saturated carbocycles. The molecule has 0 radical (unpaired) electrons. The molecular formula is C12H11BrCl2N2O. The third-order valence-corrected chi connectivity index (χ3v) is 3.84. The predicted octanol–water partition coefficient (Wildman–Crippen LogP) is 4.10. The van der Waals surface area contributed by atoms with Crippen LogP contribution in [0.4, 0.5) is 0 Å². The molecule has 2 aromatic rings. The number of nitrogens with two attached hydrogens (primary N) is 1. The van der Waals surface area contributed by atoms with Gasteiger partial charge in [0.05, 0.1) is 16.8 Å². The summed E-state index contributed by atoms with van der Waals surface area (Å²) in [5.74, 6) is 6.30. The summed E-state index contributed by atoms with van der Waals surface area (Å²) in [6.07, 6.45) is 2.21. The lowest BCUT2D eigenvalue weighted by Gasteiger charge is -2.15.